The van der Waals surface area contributed by atoms with E-state index in [2.05, 4.69) is 10.2 Å². The molecule has 0 saturated carbocycles. The van der Waals surface area contributed by atoms with E-state index in [4.69, 9.17) is 4.74 Å². The van der Waals surface area contributed by atoms with Gasteiger partial charge in [0.05, 0.1) is 13.2 Å². The Labute approximate surface area is 111 Å². The minimum Gasteiger partial charge on any atom is -0.461 e. The fraction of sp³-hybridized carbons (Fsp3) is 0.583. The molecule has 0 atom stereocenters. The van der Waals surface area contributed by atoms with Crippen molar-refractivity contribution in [1.82, 2.24) is 20.0 Å². The second-order valence-electron chi connectivity index (χ2n) is 4.60. The first-order valence-corrected chi connectivity index (χ1v) is 6.24. The summed E-state index contributed by atoms with van der Waals surface area (Å²) in [7, 11) is 3.42. The first kappa shape index (κ1) is 13.4. The molecule has 1 aliphatic rings. The number of amides is 2. The summed E-state index contributed by atoms with van der Waals surface area (Å²) >= 11 is 0. The minimum atomic E-state index is -0.445. The number of ether oxygens (including phenoxy) is 1. The van der Waals surface area contributed by atoms with Crippen LogP contribution in [0.2, 0.25) is 0 Å². The van der Waals surface area contributed by atoms with Gasteiger partial charge in [0.15, 0.2) is 5.69 Å². The molecule has 0 saturated heterocycles. The summed E-state index contributed by atoms with van der Waals surface area (Å²) in [6, 6.07) is -0.0679. The predicted octanol–water partition coefficient (Wildman–Crippen LogP) is 0.626. The molecular weight excluding hydrogens is 248 g/mol. The van der Waals surface area contributed by atoms with Crippen LogP contribution in [0.3, 0.4) is 0 Å². The van der Waals surface area contributed by atoms with Gasteiger partial charge in [-0.3, -0.25) is 5.10 Å². The number of carbonyl (C=O) groups excluding carboxylic acids is 2. The lowest BCUT2D eigenvalue weighted by Gasteiger charge is -2.29. The van der Waals surface area contributed by atoms with E-state index in [-0.39, 0.29) is 11.7 Å². The van der Waals surface area contributed by atoms with Gasteiger partial charge in [-0.15, -0.1) is 0 Å². The Kier molecular flexibility index (Phi) is 3.73. The molecular formula is C12H18N4O3. The minimum absolute atomic E-state index is 0.0679. The number of hydrogen-bond donors (Lipinski definition) is 1. The van der Waals surface area contributed by atoms with E-state index in [9.17, 15) is 9.59 Å². The van der Waals surface area contributed by atoms with Crippen LogP contribution in [-0.4, -0.2) is 59.2 Å². The molecule has 0 aliphatic carbocycles. The van der Waals surface area contributed by atoms with Crippen LogP contribution < -0.4 is 0 Å². The summed E-state index contributed by atoms with van der Waals surface area (Å²) in [6.45, 7) is 3.06. The number of aromatic nitrogens is 2. The number of urea groups is 1. The van der Waals surface area contributed by atoms with Crippen LogP contribution >= 0.6 is 0 Å². The predicted molar refractivity (Wildman–Crippen MR) is 67.7 cm³/mol. The second-order valence-corrected chi connectivity index (χ2v) is 4.60. The first-order chi connectivity index (χ1) is 9.04. The van der Waals surface area contributed by atoms with Crippen molar-refractivity contribution in [2.45, 2.75) is 19.9 Å². The maximum Gasteiger partial charge on any atom is 0.359 e. The van der Waals surface area contributed by atoms with Crippen LogP contribution in [0.5, 0.6) is 0 Å². The Bertz CT molecular complexity index is 495. The van der Waals surface area contributed by atoms with Crippen molar-refractivity contribution in [3.05, 3.63) is 17.0 Å². The van der Waals surface area contributed by atoms with Crippen molar-refractivity contribution in [2.24, 2.45) is 0 Å². The molecule has 2 rings (SSSR count). The summed E-state index contributed by atoms with van der Waals surface area (Å²) in [5.74, 6) is -0.445. The molecule has 1 N–H and O–H groups in total. The topological polar surface area (TPSA) is 78.5 Å². The van der Waals surface area contributed by atoms with E-state index in [0.29, 0.717) is 26.1 Å². The zero-order chi connectivity index (χ0) is 14.0. The largest absolute Gasteiger partial charge is 0.461 e. The molecule has 0 spiro atoms. The summed E-state index contributed by atoms with van der Waals surface area (Å²) < 4.78 is 4.96. The fourth-order valence-corrected chi connectivity index (χ4v) is 2.11. The highest BCUT2D eigenvalue weighted by molar-refractivity contribution is 5.89. The molecule has 2 amide bonds. The van der Waals surface area contributed by atoms with Gasteiger partial charge < -0.3 is 14.5 Å². The SMILES string of the molecule is CCOC(=O)c1n[nH]c2c1CN(C(=O)N(C)C)CC2. The Morgan fingerprint density at radius 2 is 2.21 bits per heavy atom. The Hall–Kier alpha value is -2.05. The Balaban J connectivity index is 2.21. The third-order valence-corrected chi connectivity index (χ3v) is 3.06. The molecule has 7 nitrogen and oxygen atoms in total. The van der Waals surface area contributed by atoms with Gasteiger partial charge in [0.2, 0.25) is 0 Å². The van der Waals surface area contributed by atoms with Crippen LogP contribution in [-0.2, 0) is 17.7 Å². The van der Waals surface area contributed by atoms with E-state index >= 15 is 0 Å². The summed E-state index contributed by atoms with van der Waals surface area (Å²) in [5.41, 5.74) is 1.96. The number of carbonyl (C=O) groups is 2. The number of hydrogen-bond acceptors (Lipinski definition) is 4. The molecule has 19 heavy (non-hydrogen) atoms. The summed E-state index contributed by atoms with van der Waals surface area (Å²) in [6.07, 6.45) is 0.668. The third kappa shape index (κ3) is 2.54. The molecule has 0 aromatic carbocycles. The molecule has 0 bridgehead atoms. The molecule has 2 heterocycles. The van der Waals surface area contributed by atoms with E-state index in [1.807, 2.05) is 0 Å². The highest BCUT2D eigenvalue weighted by atomic mass is 16.5. The summed E-state index contributed by atoms with van der Waals surface area (Å²) in [5, 5.41) is 6.86. The number of esters is 1. The molecule has 0 radical (unpaired) electrons. The van der Waals surface area contributed by atoms with Gasteiger partial charge in [0.25, 0.3) is 0 Å². The maximum absolute atomic E-state index is 11.9. The lowest BCUT2D eigenvalue weighted by atomic mass is 10.1. The smallest absolute Gasteiger partial charge is 0.359 e. The number of H-pyrrole nitrogens is 1. The second kappa shape index (κ2) is 5.29. The van der Waals surface area contributed by atoms with E-state index < -0.39 is 5.97 Å². The molecule has 0 fully saturated rings. The van der Waals surface area contributed by atoms with E-state index in [1.54, 1.807) is 25.9 Å². The van der Waals surface area contributed by atoms with Crippen molar-refractivity contribution in [3.8, 4) is 0 Å². The van der Waals surface area contributed by atoms with Gasteiger partial charge in [-0.1, -0.05) is 0 Å². The molecule has 1 aromatic rings. The molecule has 7 heteroatoms. The number of rotatable bonds is 2. The monoisotopic (exact) mass is 266 g/mol. The van der Waals surface area contributed by atoms with Gasteiger partial charge in [0.1, 0.15) is 0 Å². The Morgan fingerprint density at radius 1 is 1.47 bits per heavy atom. The quantitative estimate of drug-likeness (QED) is 0.796. The van der Waals surface area contributed by atoms with Crippen LogP contribution in [0, 0.1) is 0 Å². The highest BCUT2D eigenvalue weighted by Gasteiger charge is 2.28. The number of aromatic amines is 1. The third-order valence-electron chi connectivity index (χ3n) is 3.06. The van der Waals surface area contributed by atoms with Crippen molar-refractivity contribution in [3.63, 3.8) is 0 Å². The average molecular weight is 266 g/mol. The van der Waals surface area contributed by atoms with Crippen LogP contribution in [0.1, 0.15) is 28.7 Å². The van der Waals surface area contributed by atoms with Crippen molar-refractivity contribution < 1.29 is 14.3 Å². The average Bonchev–Trinajstić information content (AvgIpc) is 2.80. The van der Waals surface area contributed by atoms with Crippen LogP contribution in [0.4, 0.5) is 4.79 Å². The molecule has 1 aromatic heterocycles. The van der Waals surface area contributed by atoms with Crippen LogP contribution in [0.25, 0.3) is 0 Å². The van der Waals surface area contributed by atoms with E-state index in [0.717, 1.165) is 11.3 Å². The van der Waals surface area contributed by atoms with Gasteiger partial charge in [-0.05, 0) is 6.92 Å². The maximum atomic E-state index is 11.9. The van der Waals surface area contributed by atoms with Crippen molar-refractivity contribution >= 4 is 12.0 Å². The van der Waals surface area contributed by atoms with Gasteiger partial charge in [0, 0.05) is 38.3 Å². The van der Waals surface area contributed by atoms with Gasteiger partial charge in [-0.25, -0.2) is 9.59 Å². The van der Waals surface area contributed by atoms with Crippen molar-refractivity contribution in [2.75, 3.05) is 27.2 Å². The fourth-order valence-electron chi connectivity index (χ4n) is 2.11. The lowest BCUT2D eigenvalue weighted by Crippen LogP contribution is -2.42. The number of nitrogens with zero attached hydrogens (tertiary/aromatic N) is 3. The van der Waals surface area contributed by atoms with Crippen molar-refractivity contribution in [1.29, 1.82) is 0 Å². The standard InChI is InChI=1S/C12H18N4O3/c1-4-19-11(17)10-8-7-16(12(18)15(2)3)6-5-9(8)13-14-10/h4-7H2,1-3H3,(H,13,14). The zero-order valence-electron chi connectivity index (χ0n) is 11.4. The van der Waals surface area contributed by atoms with Gasteiger partial charge in [-0.2, -0.15) is 5.10 Å². The zero-order valence-corrected chi connectivity index (χ0v) is 11.4. The van der Waals surface area contributed by atoms with Gasteiger partial charge >= 0.3 is 12.0 Å². The lowest BCUT2D eigenvalue weighted by molar-refractivity contribution is 0.0516. The van der Waals surface area contributed by atoms with Crippen LogP contribution in [0.15, 0.2) is 0 Å². The normalized spacial score (nSPS) is 13.9. The molecule has 0 unspecified atom stereocenters. The molecule has 104 valence electrons. The highest BCUT2D eigenvalue weighted by Crippen LogP contribution is 2.21. The van der Waals surface area contributed by atoms with E-state index in [1.165, 1.54) is 4.90 Å². The summed E-state index contributed by atoms with van der Waals surface area (Å²) in [4.78, 5) is 26.9. The number of fused-ring (bicyclic) bond motifs is 1. The first-order valence-electron chi connectivity index (χ1n) is 6.24. The Morgan fingerprint density at radius 3 is 2.84 bits per heavy atom. The molecule has 1 aliphatic heterocycles. The number of nitrogens with one attached hydrogen (secondary N) is 1.